The van der Waals surface area contributed by atoms with Crippen molar-refractivity contribution in [1.29, 1.82) is 0 Å². The van der Waals surface area contributed by atoms with E-state index in [1.54, 1.807) is 6.92 Å². The molecule has 1 unspecified atom stereocenters. The number of hydrogen-bond acceptors (Lipinski definition) is 5. The quantitative estimate of drug-likeness (QED) is 0.537. The summed E-state index contributed by atoms with van der Waals surface area (Å²) in [6, 6.07) is -0.593. The summed E-state index contributed by atoms with van der Waals surface area (Å²) in [5.74, 6) is -1.11. The molecule has 1 amide bonds. The van der Waals surface area contributed by atoms with Gasteiger partial charge in [-0.05, 0) is 33.6 Å². The van der Waals surface area contributed by atoms with Crippen LogP contribution in [0.5, 0.6) is 0 Å². The SMILES string of the molecule is CCOC(=O)C(N)C(=O)NC1CCN(C(C)C)CC1. The maximum Gasteiger partial charge on any atom is 0.332 e. The van der Waals surface area contributed by atoms with Crippen LogP contribution >= 0.6 is 0 Å². The average Bonchev–Trinajstić information content (AvgIpc) is 2.38. The van der Waals surface area contributed by atoms with Gasteiger partial charge in [0.15, 0.2) is 6.04 Å². The molecule has 0 spiro atoms. The second-order valence-corrected chi connectivity index (χ2v) is 5.14. The van der Waals surface area contributed by atoms with E-state index in [2.05, 4.69) is 24.1 Å². The largest absolute Gasteiger partial charge is 0.464 e. The molecule has 110 valence electrons. The first-order valence-corrected chi connectivity index (χ1v) is 6.92. The van der Waals surface area contributed by atoms with E-state index in [-0.39, 0.29) is 12.6 Å². The molecule has 0 bridgehead atoms. The first-order valence-electron chi connectivity index (χ1n) is 6.92. The predicted molar refractivity (Wildman–Crippen MR) is 72.5 cm³/mol. The van der Waals surface area contributed by atoms with E-state index in [0.29, 0.717) is 6.04 Å². The number of amides is 1. The molecule has 1 rings (SSSR count). The number of nitrogens with two attached hydrogens (primary N) is 1. The smallest absolute Gasteiger partial charge is 0.332 e. The molecule has 19 heavy (non-hydrogen) atoms. The van der Waals surface area contributed by atoms with Crippen LogP contribution in [-0.2, 0) is 14.3 Å². The Labute approximate surface area is 114 Å². The van der Waals surface area contributed by atoms with Crippen LogP contribution in [0, 0.1) is 0 Å². The van der Waals surface area contributed by atoms with Crippen molar-refractivity contribution in [2.45, 2.75) is 51.7 Å². The van der Waals surface area contributed by atoms with E-state index < -0.39 is 17.9 Å². The molecule has 0 aromatic rings. The Morgan fingerprint density at radius 1 is 1.37 bits per heavy atom. The zero-order chi connectivity index (χ0) is 14.4. The molecule has 6 nitrogen and oxygen atoms in total. The van der Waals surface area contributed by atoms with Crippen LogP contribution in [0.15, 0.2) is 0 Å². The molecular formula is C13H25N3O3. The van der Waals surface area contributed by atoms with E-state index >= 15 is 0 Å². The summed E-state index contributed by atoms with van der Waals surface area (Å²) in [6.07, 6.45) is 1.78. The summed E-state index contributed by atoms with van der Waals surface area (Å²) in [7, 11) is 0. The second-order valence-electron chi connectivity index (χ2n) is 5.14. The Balaban J connectivity index is 2.36. The Kier molecular flexibility index (Phi) is 6.24. The monoisotopic (exact) mass is 271 g/mol. The van der Waals surface area contributed by atoms with Crippen LogP contribution in [-0.4, -0.2) is 54.6 Å². The van der Waals surface area contributed by atoms with Crippen LogP contribution in [0.1, 0.15) is 33.6 Å². The highest BCUT2D eigenvalue weighted by atomic mass is 16.5. The highest BCUT2D eigenvalue weighted by Gasteiger charge is 2.27. The molecular weight excluding hydrogens is 246 g/mol. The average molecular weight is 271 g/mol. The van der Waals surface area contributed by atoms with Crippen molar-refractivity contribution >= 4 is 11.9 Å². The number of nitrogens with zero attached hydrogens (tertiary/aromatic N) is 1. The fourth-order valence-electron chi connectivity index (χ4n) is 2.19. The van der Waals surface area contributed by atoms with E-state index in [4.69, 9.17) is 10.5 Å². The highest BCUT2D eigenvalue weighted by Crippen LogP contribution is 2.12. The lowest BCUT2D eigenvalue weighted by molar-refractivity contribution is -0.148. The molecule has 0 saturated carbocycles. The van der Waals surface area contributed by atoms with Crippen molar-refractivity contribution in [2.24, 2.45) is 5.73 Å². The van der Waals surface area contributed by atoms with Crippen molar-refractivity contribution in [2.75, 3.05) is 19.7 Å². The van der Waals surface area contributed by atoms with Crippen LogP contribution < -0.4 is 11.1 Å². The maximum absolute atomic E-state index is 11.8. The topological polar surface area (TPSA) is 84.7 Å². The van der Waals surface area contributed by atoms with Gasteiger partial charge in [-0.3, -0.25) is 4.79 Å². The fraction of sp³-hybridized carbons (Fsp3) is 0.846. The lowest BCUT2D eigenvalue weighted by atomic mass is 10.0. The van der Waals surface area contributed by atoms with Crippen molar-refractivity contribution in [3.63, 3.8) is 0 Å². The molecule has 1 heterocycles. The summed E-state index contributed by atoms with van der Waals surface area (Å²) < 4.78 is 4.73. The van der Waals surface area contributed by atoms with Gasteiger partial charge in [0.2, 0.25) is 5.91 Å². The van der Waals surface area contributed by atoms with Crippen LogP contribution in [0.25, 0.3) is 0 Å². The number of piperidine rings is 1. The Morgan fingerprint density at radius 2 is 1.95 bits per heavy atom. The lowest BCUT2D eigenvalue weighted by Crippen LogP contribution is -2.53. The standard InChI is InChI=1S/C13H25N3O3/c1-4-19-13(18)11(14)12(17)15-10-5-7-16(8-6-10)9(2)3/h9-11H,4-8,14H2,1-3H3,(H,15,17). The third kappa shape index (κ3) is 4.80. The molecule has 6 heteroatoms. The van der Waals surface area contributed by atoms with Gasteiger partial charge in [0.1, 0.15) is 0 Å². The summed E-state index contributed by atoms with van der Waals surface area (Å²) in [5, 5.41) is 2.83. The van der Waals surface area contributed by atoms with Crippen LogP contribution in [0.4, 0.5) is 0 Å². The van der Waals surface area contributed by atoms with Gasteiger partial charge in [-0.2, -0.15) is 0 Å². The summed E-state index contributed by atoms with van der Waals surface area (Å²) >= 11 is 0. The summed E-state index contributed by atoms with van der Waals surface area (Å²) in [5.41, 5.74) is 5.54. The number of carbonyl (C=O) groups is 2. The van der Waals surface area contributed by atoms with E-state index in [1.165, 1.54) is 0 Å². The first kappa shape index (κ1) is 15.9. The van der Waals surface area contributed by atoms with Gasteiger partial charge < -0.3 is 20.7 Å². The van der Waals surface area contributed by atoms with Gasteiger partial charge in [0.05, 0.1) is 6.61 Å². The Hall–Kier alpha value is -1.14. The van der Waals surface area contributed by atoms with E-state index in [1.807, 2.05) is 0 Å². The molecule has 0 radical (unpaired) electrons. The predicted octanol–water partition coefficient (Wildman–Crippen LogP) is -0.134. The number of rotatable bonds is 5. The molecule has 0 aromatic heterocycles. The zero-order valence-electron chi connectivity index (χ0n) is 12.0. The van der Waals surface area contributed by atoms with Crippen molar-refractivity contribution in [3.8, 4) is 0 Å². The number of likely N-dealkylation sites (tertiary alicyclic amines) is 1. The maximum atomic E-state index is 11.8. The van der Waals surface area contributed by atoms with Crippen molar-refractivity contribution in [1.82, 2.24) is 10.2 Å². The van der Waals surface area contributed by atoms with E-state index in [9.17, 15) is 9.59 Å². The summed E-state index contributed by atoms with van der Waals surface area (Å²) in [4.78, 5) is 25.5. The van der Waals surface area contributed by atoms with Gasteiger partial charge >= 0.3 is 5.97 Å². The number of nitrogens with one attached hydrogen (secondary N) is 1. The van der Waals surface area contributed by atoms with Crippen molar-refractivity contribution < 1.29 is 14.3 Å². The molecule has 1 aliphatic rings. The minimum Gasteiger partial charge on any atom is -0.464 e. The third-order valence-corrected chi connectivity index (χ3v) is 3.43. The third-order valence-electron chi connectivity index (χ3n) is 3.43. The number of esters is 1. The first-order chi connectivity index (χ1) is 8.95. The molecule has 1 aliphatic heterocycles. The van der Waals surface area contributed by atoms with Gasteiger partial charge in [-0.1, -0.05) is 0 Å². The van der Waals surface area contributed by atoms with Gasteiger partial charge in [-0.15, -0.1) is 0 Å². The fourth-order valence-corrected chi connectivity index (χ4v) is 2.19. The van der Waals surface area contributed by atoms with Gasteiger partial charge in [0.25, 0.3) is 0 Å². The van der Waals surface area contributed by atoms with Crippen LogP contribution in [0.2, 0.25) is 0 Å². The highest BCUT2D eigenvalue weighted by molar-refractivity contribution is 6.01. The number of hydrogen-bond donors (Lipinski definition) is 2. The molecule has 1 fully saturated rings. The minimum atomic E-state index is -1.22. The number of carbonyl (C=O) groups excluding carboxylic acids is 2. The second kappa shape index (κ2) is 7.45. The van der Waals surface area contributed by atoms with Gasteiger partial charge in [0, 0.05) is 25.2 Å². The normalized spacial score (nSPS) is 19.2. The Morgan fingerprint density at radius 3 is 2.42 bits per heavy atom. The van der Waals surface area contributed by atoms with Crippen LogP contribution in [0.3, 0.4) is 0 Å². The summed E-state index contributed by atoms with van der Waals surface area (Å²) in [6.45, 7) is 8.15. The molecule has 3 N–H and O–H groups in total. The van der Waals surface area contributed by atoms with Gasteiger partial charge in [-0.25, -0.2) is 4.79 Å². The molecule has 1 saturated heterocycles. The minimum absolute atomic E-state index is 0.1000. The molecule has 0 aromatic carbocycles. The zero-order valence-corrected chi connectivity index (χ0v) is 12.0. The molecule has 1 atom stereocenters. The van der Waals surface area contributed by atoms with E-state index in [0.717, 1.165) is 25.9 Å². The number of ether oxygens (including phenoxy) is 1. The molecule has 0 aliphatic carbocycles. The van der Waals surface area contributed by atoms with Crippen molar-refractivity contribution in [3.05, 3.63) is 0 Å². The lowest BCUT2D eigenvalue weighted by Gasteiger charge is -2.35. The Bertz CT molecular complexity index is 312.